The molecule has 0 unspecified atom stereocenters. The third-order valence-electron chi connectivity index (χ3n) is 6.57. The average Bonchev–Trinajstić information content (AvgIpc) is 3.25. The van der Waals surface area contributed by atoms with Gasteiger partial charge in [0.05, 0.1) is 13.2 Å². The van der Waals surface area contributed by atoms with Crippen molar-refractivity contribution in [3.8, 4) is 5.88 Å². The highest BCUT2D eigenvalue weighted by Gasteiger charge is 2.46. The van der Waals surface area contributed by atoms with E-state index in [4.69, 9.17) is 9.47 Å². The number of carbonyl (C=O) groups excluding carboxylic acids is 3. The van der Waals surface area contributed by atoms with E-state index in [0.717, 1.165) is 5.39 Å². The van der Waals surface area contributed by atoms with E-state index in [1.807, 2.05) is 6.07 Å². The van der Waals surface area contributed by atoms with E-state index in [1.165, 1.54) is 4.90 Å². The van der Waals surface area contributed by atoms with E-state index < -0.39 is 41.6 Å². The molecule has 0 saturated carbocycles. The zero-order chi connectivity index (χ0) is 26.0. The Morgan fingerprint density at radius 3 is 2.67 bits per heavy atom. The number of ether oxygens (including phenoxy) is 2. The molecule has 36 heavy (non-hydrogen) atoms. The molecule has 10 heteroatoms. The lowest BCUT2D eigenvalue weighted by Gasteiger charge is -2.34. The number of rotatable bonds is 1. The second kappa shape index (κ2) is 10.1. The normalized spacial score (nSPS) is 24.0. The van der Waals surface area contributed by atoms with Gasteiger partial charge in [-0.2, -0.15) is 0 Å². The van der Waals surface area contributed by atoms with Crippen LogP contribution in [-0.4, -0.2) is 70.1 Å². The molecule has 3 atom stereocenters. The van der Waals surface area contributed by atoms with E-state index in [-0.39, 0.29) is 37.7 Å². The van der Waals surface area contributed by atoms with Gasteiger partial charge in [0.25, 0.3) is 0 Å². The number of alkyl carbamates (subject to hydrolysis) is 1. The summed E-state index contributed by atoms with van der Waals surface area (Å²) in [5.74, 6) is -1.44. The number of fused-ring (bicyclic) bond motifs is 3. The summed E-state index contributed by atoms with van der Waals surface area (Å²) in [6.45, 7) is 5.45. The number of benzene rings is 1. The second-order valence-electron chi connectivity index (χ2n) is 10.3. The first-order chi connectivity index (χ1) is 17.0. The molecule has 0 aliphatic carbocycles. The van der Waals surface area contributed by atoms with Crippen molar-refractivity contribution in [3.05, 3.63) is 36.0 Å². The lowest BCUT2D eigenvalue weighted by Crippen LogP contribution is -2.57. The van der Waals surface area contributed by atoms with Crippen molar-refractivity contribution in [1.82, 2.24) is 15.2 Å². The van der Waals surface area contributed by atoms with Gasteiger partial charge in [0, 0.05) is 30.0 Å². The summed E-state index contributed by atoms with van der Waals surface area (Å²) in [7, 11) is 0. The summed E-state index contributed by atoms with van der Waals surface area (Å²) in [5, 5.41) is 14.0. The summed E-state index contributed by atoms with van der Waals surface area (Å²) < 4.78 is 11.4. The summed E-state index contributed by atoms with van der Waals surface area (Å²) in [6.07, 6.45) is 1.52. The summed E-state index contributed by atoms with van der Waals surface area (Å²) in [5.41, 5.74) is -0.196. The highest BCUT2D eigenvalue weighted by atomic mass is 16.5. The van der Waals surface area contributed by atoms with Crippen LogP contribution in [0.5, 0.6) is 5.88 Å². The molecule has 1 aromatic heterocycles. The van der Waals surface area contributed by atoms with E-state index in [2.05, 4.69) is 10.3 Å². The monoisotopic (exact) mass is 497 g/mol. The van der Waals surface area contributed by atoms with E-state index in [0.29, 0.717) is 23.8 Å². The van der Waals surface area contributed by atoms with Crippen LogP contribution in [0.15, 0.2) is 30.5 Å². The fraction of sp³-hybridized carbons (Fsp3) is 0.500. The molecule has 2 amide bonds. The van der Waals surface area contributed by atoms with Crippen molar-refractivity contribution in [1.29, 1.82) is 0 Å². The van der Waals surface area contributed by atoms with Gasteiger partial charge in [-0.1, -0.05) is 32.9 Å². The third kappa shape index (κ3) is 5.42. The summed E-state index contributed by atoms with van der Waals surface area (Å²) >= 11 is 0. The van der Waals surface area contributed by atoms with Crippen LogP contribution >= 0.6 is 0 Å². The number of aliphatic carboxylic acids is 1. The van der Waals surface area contributed by atoms with Crippen molar-refractivity contribution in [2.75, 3.05) is 13.2 Å². The molecule has 1 fully saturated rings. The van der Waals surface area contributed by atoms with Gasteiger partial charge in [-0.05, 0) is 35.8 Å². The number of hydrogen-bond acceptors (Lipinski definition) is 7. The first-order valence-corrected chi connectivity index (χ1v) is 12.1. The quantitative estimate of drug-likeness (QED) is 0.613. The smallest absolute Gasteiger partial charge is 0.407 e. The van der Waals surface area contributed by atoms with E-state index in [9.17, 15) is 24.3 Å². The van der Waals surface area contributed by atoms with Gasteiger partial charge < -0.3 is 24.8 Å². The first kappa shape index (κ1) is 25.4. The van der Waals surface area contributed by atoms with Crippen LogP contribution in [0.2, 0.25) is 0 Å². The number of carbonyl (C=O) groups is 4. The van der Waals surface area contributed by atoms with Crippen molar-refractivity contribution in [2.24, 2.45) is 5.41 Å². The van der Waals surface area contributed by atoms with Crippen molar-refractivity contribution in [2.45, 2.75) is 64.6 Å². The maximum Gasteiger partial charge on any atom is 0.407 e. The molecule has 0 spiro atoms. The number of pyridine rings is 1. The summed E-state index contributed by atoms with van der Waals surface area (Å²) in [6, 6.07) is 4.97. The van der Waals surface area contributed by atoms with Crippen LogP contribution in [0.4, 0.5) is 4.79 Å². The van der Waals surface area contributed by atoms with Crippen LogP contribution in [-0.2, 0) is 14.3 Å². The van der Waals surface area contributed by atoms with Crippen LogP contribution < -0.4 is 10.1 Å². The molecule has 1 saturated heterocycles. The number of carboxylic acids is 1. The Morgan fingerprint density at radius 2 is 1.94 bits per heavy atom. The Bertz CT molecular complexity index is 1190. The van der Waals surface area contributed by atoms with Gasteiger partial charge >= 0.3 is 12.1 Å². The molecule has 192 valence electrons. The first-order valence-electron chi connectivity index (χ1n) is 12.1. The molecule has 2 aliphatic rings. The predicted molar refractivity (Wildman–Crippen MR) is 130 cm³/mol. The lowest BCUT2D eigenvalue weighted by molar-refractivity contribution is -0.150. The van der Waals surface area contributed by atoms with Crippen LogP contribution in [0.25, 0.3) is 10.8 Å². The standard InChI is InChI=1S/C26H31N3O7/c1-26(2,3)21-23(31)29-14-17(13-19(29)24(32)33)36-22-18-12-16(8-7-15(18)9-10-27-22)20(30)6-4-5-11-35-25(34)28-21/h7-10,12,17,19,21H,4-6,11,13-14H2,1-3H3,(H,28,34)(H,32,33)/t17-,19+,21-/m1/s1. The number of cyclic esters (lactones) is 1. The highest BCUT2D eigenvalue weighted by molar-refractivity contribution is 6.01. The number of amides is 2. The topological polar surface area (TPSA) is 135 Å². The molecular weight excluding hydrogens is 466 g/mol. The van der Waals surface area contributed by atoms with Gasteiger partial charge in [0.1, 0.15) is 18.2 Å². The van der Waals surface area contributed by atoms with Crippen LogP contribution in [0.3, 0.4) is 0 Å². The van der Waals surface area contributed by atoms with Gasteiger partial charge in [-0.3, -0.25) is 9.59 Å². The number of carboxylic acid groups (broad SMARTS) is 1. The molecule has 2 N–H and O–H groups in total. The molecule has 2 aromatic rings. The Morgan fingerprint density at radius 1 is 1.17 bits per heavy atom. The van der Waals surface area contributed by atoms with Gasteiger partial charge in [-0.25, -0.2) is 14.6 Å². The maximum atomic E-state index is 13.6. The minimum Gasteiger partial charge on any atom is -0.480 e. The van der Waals surface area contributed by atoms with Crippen molar-refractivity contribution < 1.29 is 33.8 Å². The SMILES string of the molecule is CC(C)(C)[C@@H]1NC(=O)OCCCCC(=O)c2ccc3ccnc(c3c2)O[C@@H]2C[C@@H](C(=O)O)N(C2)C1=O. The molecule has 0 radical (unpaired) electrons. The molecule has 4 rings (SSSR count). The highest BCUT2D eigenvalue weighted by Crippen LogP contribution is 2.31. The summed E-state index contributed by atoms with van der Waals surface area (Å²) in [4.78, 5) is 56.4. The van der Waals surface area contributed by atoms with Gasteiger partial charge in [-0.15, -0.1) is 0 Å². The molecule has 1 aromatic carbocycles. The van der Waals surface area contributed by atoms with E-state index >= 15 is 0 Å². The molecule has 10 nitrogen and oxygen atoms in total. The molecule has 4 bridgehead atoms. The van der Waals surface area contributed by atoms with Crippen LogP contribution in [0.1, 0.15) is 56.8 Å². The number of aromatic nitrogens is 1. The molecule has 3 heterocycles. The average molecular weight is 498 g/mol. The van der Waals surface area contributed by atoms with Crippen LogP contribution in [0, 0.1) is 5.41 Å². The zero-order valence-electron chi connectivity index (χ0n) is 20.7. The maximum absolute atomic E-state index is 13.6. The Balaban J connectivity index is 1.72. The second-order valence-corrected chi connectivity index (χ2v) is 10.3. The molecular formula is C26H31N3O7. The fourth-order valence-corrected chi connectivity index (χ4v) is 4.60. The molecule has 2 aliphatic heterocycles. The number of hydrogen-bond donors (Lipinski definition) is 2. The van der Waals surface area contributed by atoms with Crippen molar-refractivity contribution >= 4 is 34.5 Å². The minimum atomic E-state index is -1.16. The predicted octanol–water partition coefficient (Wildman–Crippen LogP) is 3.18. The fourth-order valence-electron chi connectivity index (χ4n) is 4.60. The minimum absolute atomic E-state index is 0.00972. The van der Waals surface area contributed by atoms with Gasteiger partial charge in [0.15, 0.2) is 5.78 Å². The number of nitrogens with zero attached hydrogens (tertiary/aromatic N) is 2. The Kier molecular flexibility index (Phi) is 7.14. The number of nitrogens with one attached hydrogen (secondary N) is 1. The van der Waals surface area contributed by atoms with Gasteiger partial charge in [0.2, 0.25) is 11.8 Å². The van der Waals surface area contributed by atoms with E-state index in [1.54, 1.807) is 45.2 Å². The zero-order valence-corrected chi connectivity index (χ0v) is 20.7. The Hall–Kier alpha value is -3.69. The number of ketones is 1. The largest absolute Gasteiger partial charge is 0.480 e. The third-order valence-corrected chi connectivity index (χ3v) is 6.57. The Labute approximate surface area is 209 Å². The lowest BCUT2D eigenvalue weighted by atomic mass is 9.85. The van der Waals surface area contributed by atoms with Crippen molar-refractivity contribution in [3.63, 3.8) is 0 Å². The number of Topliss-reactive ketones (excluding diaryl/α,β-unsaturated/α-hetero) is 1.